The molecule has 0 amide bonds. The summed E-state index contributed by atoms with van der Waals surface area (Å²) >= 11 is 5.97. The molecule has 3 atom stereocenters. The van der Waals surface area contributed by atoms with Crippen molar-refractivity contribution in [3.63, 3.8) is 0 Å². The van der Waals surface area contributed by atoms with Gasteiger partial charge in [0.25, 0.3) is 5.79 Å². The summed E-state index contributed by atoms with van der Waals surface area (Å²) in [6.45, 7) is 3.43. The monoisotopic (exact) mass is 412 g/mol. The largest absolute Gasteiger partial charge is 1.00 e. The van der Waals surface area contributed by atoms with Crippen LogP contribution >= 0.6 is 11.6 Å². The molecule has 144 valence electrons. The summed E-state index contributed by atoms with van der Waals surface area (Å²) in [5.41, 5.74) is 1.84. The number of halogens is 1. The van der Waals surface area contributed by atoms with E-state index in [2.05, 4.69) is 6.92 Å². The smallest absolute Gasteiger partial charge is 0.543 e. The van der Waals surface area contributed by atoms with Crippen LogP contribution in [0.25, 0.3) is 0 Å². The van der Waals surface area contributed by atoms with Gasteiger partial charge >= 0.3 is 29.6 Å². The van der Waals surface area contributed by atoms with Gasteiger partial charge in [-0.25, -0.2) is 0 Å². The zero-order chi connectivity index (χ0) is 19.6. The molecule has 0 fully saturated rings. The number of aliphatic hydroxyl groups is 1. The average molecular weight is 413 g/mol. The van der Waals surface area contributed by atoms with E-state index in [4.69, 9.17) is 21.1 Å². The number of carbonyl (C=O) groups is 1. The van der Waals surface area contributed by atoms with Gasteiger partial charge in [-0.2, -0.15) is 0 Å². The maximum absolute atomic E-state index is 11.1. The van der Waals surface area contributed by atoms with Crippen LogP contribution in [0.2, 0.25) is 5.02 Å². The fourth-order valence-corrected chi connectivity index (χ4v) is 3.39. The maximum atomic E-state index is 11.1. The van der Waals surface area contributed by atoms with Crippen LogP contribution in [0.3, 0.4) is 0 Å². The Morgan fingerprint density at radius 1 is 1.18 bits per heavy atom. The molecule has 3 rings (SSSR count). The maximum Gasteiger partial charge on any atom is 1.00 e. The molecule has 0 saturated carbocycles. The molecular formula is C21H22ClNaO5. The Bertz CT molecular complexity index is 843. The number of hydrogen-bond acceptors (Lipinski definition) is 5. The SMILES string of the molecule is C[C@@H](CC[C@H](O)c1cccc(Cl)c1)Cc1ccc2c(c1)OC(C)(C(=O)[O-])O2.[Na+]. The second-order valence-corrected chi connectivity index (χ2v) is 7.61. The quantitative estimate of drug-likeness (QED) is 0.661. The normalized spacial score (nSPS) is 19.6. The van der Waals surface area contributed by atoms with Gasteiger partial charge in [-0.15, -0.1) is 0 Å². The first kappa shape index (κ1) is 23.0. The van der Waals surface area contributed by atoms with Crippen molar-refractivity contribution in [1.82, 2.24) is 0 Å². The number of benzene rings is 2. The van der Waals surface area contributed by atoms with E-state index in [0.29, 0.717) is 28.9 Å². The summed E-state index contributed by atoms with van der Waals surface area (Å²) in [5.74, 6) is -2.07. The van der Waals surface area contributed by atoms with E-state index in [0.717, 1.165) is 24.0 Å². The van der Waals surface area contributed by atoms with Gasteiger partial charge in [0.05, 0.1) is 6.10 Å². The third-order valence-electron chi connectivity index (χ3n) is 4.74. The molecule has 2 aromatic rings. The summed E-state index contributed by atoms with van der Waals surface area (Å²) in [5, 5.41) is 22.1. The predicted octanol–water partition coefficient (Wildman–Crippen LogP) is 0.274. The molecule has 7 heteroatoms. The van der Waals surface area contributed by atoms with E-state index in [1.165, 1.54) is 6.92 Å². The summed E-state index contributed by atoms with van der Waals surface area (Å²) < 4.78 is 10.7. The number of aliphatic hydroxyl groups excluding tert-OH is 1. The van der Waals surface area contributed by atoms with Crippen LogP contribution in [0.4, 0.5) is 0 Å². The number of rotatable bonds is 7. The Hall–Kier alpha value is -1.24. The molecule has 1 unspecified atom stereocenters. The molecule has 0 spiro atoms. The second kappa shape index (κ2) is 9.51. The molecule has 0 saturated heterocycles. The van der Waals surface area contributed by atoms with Crippen LogP contribution in [0.1, 0.15) is 43.9 Å². The molecule has 0 aromatic heterocycles. The van der Waals surface area contributed by atoms with Gasteiger partial charge in [0, 0.05) is 11.9 Å². The van der Waals surface area contributed by atoms with Crippen molar-refractivity contribution in [2.24, 2.45) is 5.92 Å². The van der Waals surface area contributed by atoms with Gasteiger partial charge in [-0.1, -0.05) is 36.7 Å². The van der Waals surface area contributed by atoms with Gasteiger partial charge in [0.2, 0.25) is 0 Å². The number of hydrogen-bond donors (Lipinski definition) is 1. The van der Waals surface area contributed by atoms with Crippen LogP contribution < -0.4 is 44.1 Å². The third kappa shape index (κ3) is 5.43. The van der Waals surface area contributed by atoms with Crippen molar-refractivity contribution in [2.75, 3.05) is 0 Å². The molecule has 2 aromatic carbocycles. The van der Waals surface area contributed by atoms with Crippen molar-refractivity contribution < 1.29 is 54.0 Å². The summed E-state index contributed by atoms with van der Waals surface area (Å²) in [4.78, 5) is 11.1. The van der Waals surface area contributed by atoms with Crippen molar-refractivity contribution >= 4 is 17.6 Å². The Labute approximate surface area is 191 Å². The molecular weight excluding hydrogens is 391 g/mol. The van der Waals surface area contributed by atoms with E-state index in [9.17, 15) is 15.0 Å². The average Bonchev–Trinajstić information content (AvgIpc) is 2.96. The van der Waals surface area contributed by atoms with Gasteiger partial charge < -0.3 is 24.5 Å². The third-order valence-corrected chi connectivity index (χ3v) is 4.97. The first-order valence-corrected chi connectivity index (χ1v) is 9.30. The molecule has 0 aliphatic carbocycles. The van der Waals surface area contributed by atoms with Crippen LogP contribution in [-0.2, 0) is 11.2 Å². The molecule has 1 heterocycles. The fourth-order valence-electron chi connectivity index (χ4n) is 3.19. The minimum Gasteiger partial charge on any atom is -0.543 e. The molecule has 5 nitrogen and oxygen atoms in total. The Kier molecular flexibility index (Phi) is 7.82. The first-order chi connectivity index (χ1) is 12.8. The Morgan fingerprint density at radius 3 is 2.57 bits per heavy atom. The van der Waals surface area contributed by atoms with Crippen LogP contribution in [0, 0.1) is 5.92 Å². The van der Waals surface area contributed by atoms with Gasteiger partial charge in [-0.05, 0) is 60.6 Å². The summed E-state index contributed by atoms with van der Waals surface area (Å²) in [7, 11) is 0. The molecule has 28 heavy (non-hydrogen) atoms. The van der Waals surface area contributed by atoms with Crippen molar-refractivity contribution in [3.8, 4) is 11.5 Å². The van der Waals surface area contributed by atoms with Crippen molar-refractivity contribution in [2.45, 2.75) is 45.0 Å². The first-order valence-electron chi connectivity index (χ1n) is 8.93. The fraction of sp³-hybridized carbons (Fsp3) is 0.381. The zero-order valence-corrected chi connectivity index (χ0v) is 19.0. The zero-order valence-electron chi connectivity index (χ0n) is 16.3. The Balaban J connectivity index is 0.00000280. The van der Waals surface area contributed by atoms with E-state index in [1.54, 1.807) is 24.3 Å². The van der Waals surface area contributed by atoms with Gasteiger partial charge in [0.15, 0.2) is 11.5 Å². The minimum atomic E-state index is -1.78. The van der Waals surface area contributed by atoms with Gasteiger partial charge in [0.1, 0.15) is 5.97 Å². The molecule has 0 radical (unpaired) electrons. The van der Waals surface area contributed by atoms with Gasteiger partial charge in [-0.3, -0.25) is 0 Å². The predicted molar refractivity (Wildman–Crippen MR) is 99.6 cm³/mol. The number of ether oxygens (including phenoxy) is 2. The summed E-state index contributed by atoms with van der Waals surface area (Å²) in [6.07, 6.45) is 1.70. The number of carbonyl (C=O) groups excluding carboxylic acids is 1. The number of carboxylic acids is 1. The minimum absolute atomic E-state index is 0. The van der Waals surface area contributed by atoms with Crippen LogP contribution in [0.5, 0.6) is 11.5 Å². The second-order valence-electron chi connectivity index (χ2n) is 7.18. The molecule has 1 aliphatic heterocycles. The van der Waals surface area contributed by atoms with Crippen LogP contribution in [-0.4, -0.2) is 16.9 Å². The van der Waals surface area contributed by atoms with Crippen molar-refractivity contribution in [1.29, 1.82) is 0 Å². The standard InChI is InChI=1S/C21H23ClO5.Na/c1-13(6-8-17(23)15-4-3-5-16(22)12-15)10-14-7-9-18-19(11-14)27-21(2,26-18)20(24)25;/h3-5,7,9,11-13,17,23H,6,8,10H2,1-2H3,(H,24,25);/q;+1/p-1/t13-,17-,21?;/m0./s1. The van der Waals surface area contributed by atoms with E-state index in [1.807, 2.05) is 18.2 Å². The molecule has 0 bridgehead atoms. The summed E-state index contributed by atoms with van der Waals surface area (Å²) in [6, 6.07) is 12.7. The molecule has 1 N–H and O–H groups in total. The van der Waals surface area contributed by atoms with Crippen LogP contribution in [0.15, 0.2) is 42.5 Å². The van der Waals surface area contributed by atoms with E-state index < -0.39 is 17.9 Å². The van der Waals surface area contributed by atoms with Crippen molar-refractivity contribution in [3.05, 3.63) is 58.6 Å². The molecule has 1 aliphatic rings. The Morgan fingerprint density at radius 2 is 1.89 bits per heavy atom. The van der Waals surface area contributed by atoms with E-state index in [-0.39, 0.29) is 29.6 Å². The number of aliphatic carboxylic acids is 1. The van der Waals surface area contributed by atoms with E-state index >= 15 is 0 Å². The number of fused-ring (bicyclic) bond motifs is 1. The number of carboxylic acid groups (broad SMARTS) is 1. The topological polar surface area (TPSA) is 78.8 Å².